The molecule has 2 fully saturated rings. The fourth-order valence-corrected chi connectivity index (χ4v) is 7.35. The molecule has 6 heteroatoms. The molecule has 0 amide bonds. The third-order valence-electron chi connectivity index (χ3n) is 8.99. The molecule has 0 spiro atoms. The van der Waals surface area contributed by atoms with Gasteiger partial charge in [-0.3, -0.25) is 0 Å². The molecule has 2 saturated carbocycles. The van der Waals surface area contributed by atoms with Crippen LogP contribution in [0.3, 0.4) is 0 Å². The van der Waals surface area contributed by atoms with Crippen LogP contribution in [0.15, 0.2) is 0 Å². The largest absolute Gasteiger partial charge is 0.471 e. The molecule has 0 aliphatic heterocycles. The zero-order valence-corrected chi connectivity index (χ0v) is 27.4. The van der Waals surface area contributed by atoms with Gasteiger partial charge in [0.05, 0.1) is 13.2 Å². The highest BCUT2D eigenvalue weighted by molar-refractivity contribution is 7.80. The first-order chi connectivity index (χ1) is 19.0. The van der Waals surface area contributed by atoms with Gasteiger partial charge in [-0.15, -0.1) is 0 Å². The van der Waals surface area contributed by atoms with E-state index in [-0.39, 0.29) is 11.1 Å². The number of hydrogen-bond acceptors (Lipinski definition) is 4. The minimum atomic E-state index is -0.00602. The van der Waals surface area contributed by atoms with E-state index in [0.717, 1.165) is 58.2 Å². The SMILES string of the molecule is CCCCCCCCCOC(=S)NC1(CC2(NC(=S)OCCCCCCCCC)CCCCC2)CCCCC1. The van der Waals surface area contributed by atoms with E-state index in [1.165, 1.54) is 116 Å². The lowest BCUT2D eigenvalue weighted by Crippen LogP contribution is -2.60. The van der Waals surface area contributed by atoms with Crippen molar-refractivity contribution < 1.29 is 9.47 Å². The van der Waals surface area contributed by atoms with Gasteiger partial charge in [-0.2, -0.15) is 0 Å². The predicted octanol–water partition coefficient (Wildman–Crippen LogP) is 10.1. The molecular weight excluding hydrogens is 521 g/mol. The summed E-state index contributed by atoms with van der Waals surface area (Å²) in [5, 5.41) is 8.73. The Bertz CT molecular complexity index is 592. The number of thiocarbonyl (C=S) groups is 2. The molecule has 0 atom stereocenters. The second-order valence-electron chi connectivity index (χ2n) is 12.6. The lowest BCUT2D eigenvalue weighted by atomic mass is 9.68. The van der Waals surface area contributed by atoms with Crippen LogP contribution in [-0.4, -0.2) is 34.6 Å². The van der Waals surface area contributed by atoms with Crippen molar-refractivity contribution in [3.63, 3.8) is 0 Å². The molecule has 2 N–H and O–H groups in total. The van der Waals surface area contributed by atoms with Crippen molar-refractivity contribution in [1.29, 1.82) is 0 Å². The van der Waals surface area contributed by atoms with Crippen molar-refractivity contribution in [3.05, 3.63) is 0 Å². The molecule has 0 radical (unpaired) electrons. The fraction of sp³-hybridized carbons (Fsp3) is 0.939. The van der Waals surface area contributed by atoms with E-state index >= 15 is 0 Å². The minimum Gasteiger partial charge on any atom is -0.471 e. The van der Waals surface area contributed by atoms with Crippen LogP contribution in [0.5, 0.6) is 0 Å². The third-order valence-corrected chi connectivity index (χ3v) is 9.43. The maximum absolute atomic E-state index is 6.06. The highest BCUT2D eigenvalue weighted by Crippen LogP contribution is 2.41. The van der Waals surface area contributed by atoms with Crippen molar-refractivity contribution in [2.45, 2.75) is 185 Å². The van der Waals surface area contributed by atoms with Gasteiger partial charge in [0.2, 0.25) is 0 Å². The van der Waals surface area contributed by atoms with Crippen molar-refractivity contribution in [2.24, 2.45) is 0 Å². The summed E-state index contributed by atoms with van der Waals surface area (Å²) < 4.78 is 12.1. The highest BCUT2D eigenvalue weighted by Gasteiger charge is 2.43. The first kappa shape index (κ1) is 34.6. The van der Waals surface area contributed by atoms with Crippen LogP contribution >= 0.6 is 24.4 Å². The molecular formula is C33H62N2O2S2. The zero-order chi connectivity index (χ0) is 28.1. The monoisotopic (exact) mass is 582 g/mol. The zero-order valence-electron chi connectivity index (χ0n) is 25.7. The van der Waals surface area contributed by atoms with Crippen molar-refractivity contribution in [1.82, 2.24) is 10.6 Å². The van der Waals surface area contributed by atoms with E-state index in [0.29, 0.717) is 10.3 Å². The van der Waals surface area contributed by atoms with Gasteiger partial charge in [-0.1, -0.05) is 129 Å². The molecule has 0 aromatic rings. The summed E-state index contributed by atoms with van der Waals surface area (Å²) in [4.78, 5) is 0. The molecule has 0 aromatic carbocycles. The van der Waals surface area contributed by atoms with Gasteiger partial charge in [0.1, 0.15) is 0 Å². The molecule has 0 aromatic heterocycles. The summed E-state index contributed by atoms with van der Waals surface area (Å²) in [5.74, 6) is 0. The Morgan fingerprint density at radius 1 is 0.513 bits per heavy atom. The van der Waals surface area contributed by atoms with E-state index in [2.05, 4.69) is 24.5 Å². The van der Waals surface area contributed by atoms with E-state index in [9.17, 15) is 0 Å². The van der Waals surface area contributed by atoms with Crippen LogP contribution in [-0.2, 0) is 9.47 Å². The molecule has 2 rings (SSSR count). The van der Waals surface area contributed by atoms with Gasteiger partial charge in [0.25, 0.3) is 10.3 Å². The maximum Gasteiger partial charge on any atom is 0.257 e. The van der Waals surface area contributed by atoms with Gasteiger partial charge in [0, 0.05) is 11.1 Å². The third kappa shape index (κ3) is 15.3. The Labute approximate surface area is 252 Å². The van der Waals surface area contributed by atoms with Gasteiger partial charge in [-0.25, -0.2) is 0 Å². The maximum atomic E-state index is 6.06. The van der Waals surface area contributed by atoms with Gasteiger partial charge in [0.15, 0.2) is 0 Å². The van der Waals surface area contributed by atoms with Crippen LogP contribution < -0.4 is 10.6 Å². The molecule has 2 aliphatic rings. The van der Waals surface area contributed by atoms with Gasteiger partial charge < -0.3 is 20.1 Å². The van der Waals surface area contributed by atoms with Crippen LogP contribution in [0.2, 0.25) is 0 Å². The normalized spacial score (nSPS) is 18.3. The molecule has 39 heavy (non-hydrogen) atoms. The summed E-state index contributed by atoms with van der Waals surface area (Å²) in [6.07, 6.45) is 31.3. The van der Waals surface area contributed by atoms with Crippen molar-refractivity contribution >= 4 is 34.8 Å². The van der Waals surface area contributed by atoms with Crippen LogP contribution in [0.25, 0.3) is 0 Å². The fourth-order valence-electron chi connectivity index (χ4n) is 6.75. The van der Waals surface area contributed by atoms with E-state index in [1.807, 2.05) is 0 Å². The number of rotatable bonds is 20. The van der Waals surface area contributed by atoms with E-state index in [4.69, 9.17) is 33.9 Å². The highest BCUT2D eigenvalue weighted by atomic mass is 32.1. The molecule has 0 unspecified atom stereocenters. The quantitative estimate of drug-likeness (QED) is 0.110. The Kier molecular flexibility index (Phi) is 18.7. The molecule has 0 heterocycles. The van der Waals surface area contributed by atoms with Crippen molar-refractivity contribution in [2.75, 3.05) is 13.2 Å². The summed E-state index contributed by atoms with van der Waals surface area (Å²) in [6, 6.07) is 0. The summed E-state index contributed by atoms with van der Waals surface area (Å²) in [6.45, 7) is 6.01. The van der Waals surface area contributed by atoms with Crippen LogP contribution in [0, 0.1) is 0 Å². The van der Waals surface area contributed by atoms with Gasteiger partial charge in [-0.05, 0) is 69.4 Å². The Morgan fingerprint density at radius 3 is 1.21 bits per heavy atom. The summed E-state index contributed by atoms with van der Waals surface area (Å²) in [5.41, 5.74) is -0.0120. The number of nitrogens with one attached hydrogen (secondary N) is 2. The van der Waals surface area contributed by atoms with Crippen LogP contribution in [0.1, 0.15) is 174 Å². The van der Waals surface area contributed by atoms with Crippen LogP contribution in [0.4, 0.5) is 0 Å². The first-order valence-electron chi connectivity index (χ1n) is 16.9. The lowest BCUT2D eigenvalue weighted by molar-refractivity contribution is 0.131. The predicted molar refractivity (Wildman–Crippen MR) is 176 cm³/mol. The number of ether oxygens (including phenoxy) is 2. The topological polar surface area (TPSA) is 42.5 Å². The average molecular weight is 583 g/mol. The first-order valence-corrected chi connectivity index (χ1v) is 17.7. The van der Waals surface area contributed by atoms with E-state index in [1.54, 1.807) is 0 Å². The molecule has 4 nitrogen and oxygen atoms in total. The Hall–Kier alpha value is -0.620. The minimum absolute atomic E-state index is 0.00602. The second-order valence-corrected chi connectivity index (χ2v) is 13.4. The summed E-state index contributed by atoms with van der Waals surface area (Å²) in [7, 11) is 0. The molecule has 228 valence electrons. The second kappa shape index (κ2) is 21.1. The number of unbranched alkanes of at least 4 members (excludes halogenated alkanes) is 12. The summed E-state index contributed by atoms with van der Waals surface area (Å²) >= 11 is 11.5. The van der Waals surface area contributed by atoms with Gasteiger partial charge >= 0.3 is 0 Å². The average Bonchev–Trinajstić information content (AvgIpc) is 2.92. The smallest absolute Gasteiger partial charge is 0.257 e. The Balaban J connectivity index is 1.82. The lowest BCUT2D eigenvalue weighted by Gasteiger charge is -2.48. The van der Waals surface area contributed by atoms with Crippen molar-refractivity contribution in [3.8, 4) is 0 Å². The Morgan fingerprint density at radius 2 is 0.846 bits per heavy atom. The molecule has 2 aliphatic carbocycles. The standard InChI is InChI=1S/C33H62N2O2S2/c1-3-5-7-9-11-13-21-27-36-30(38)34-32(23-17-15-18-24-32)29-33(25-19-16-20-26-33)35-31(39)37-28-22-14-12-10-8-6-4-2/h3-29H2,1-2H3,(H,34,38)(H,35,39). The number of hydrogen-bond donors (Lipinski definition) is 2. The molecule has 0 saturated heterocycles. The van der Waals surface area contributed by atoms with E-state index < -0.39 is 0 Å². The molecule has 0 bridgehead atoms.